The van der Waals surface area contributed by atoms with E-state index in [1.54, 1.807) is 17.3 Å². The zero-order chi connectivity index (χ0) is 17.2. The summed E-state index contributed by atoms with van der Waals surface area (Å²) in [6.45, 7) is 0.573. The predicted octanol–water partition coefficient (Wildman–Crippen LogP) is 2.24. The molecule has 0 spiro atoms. The van der Waals surface area contributed by atoms with Crippen molar-refractivity contribution >= 4 is 11.4 Å². The summed E-state index contributed by atoms with van der Waals surface area (Å²) in [5.74, 6) is 1.25. The summed E-state index contributed by atoms with van der Waals surface area (Å²) in [7, 11) is 0. The second kappa shape index (κ2) is 6.64. The average molecular weight is 336 g/mol. The van der Waals surface area contributed by atoms with Crippen molar-refractivity contribution in [2.24, 2.45) is 0 Å². The van der Waals surface area contributed by atoms with Crippen LogP contribution in [0.5, 0.6) is 0 Å². The minimum atomic E-state index is -0.159. The Morgan fingerprint density at radius 1 is 1.28 bits per heavy atom. The molecule has 0 aliphatic heterocycles. The first-order chi connectivity index (χ1) is 12.3. The van der Waals surface area contributed by atoms with Crippen LogP contribution in [0.1, 0.15) is 40.6 Å². The van der Waals surface area contributed by atoms with Gasteiger partial charge in [-0.2, -0.15) is 0 Å². The lowest BCUT2D eigenvalue weighted by molar-refractivity contribution is 0.0704. The van der Waals surface area contributed by atoms with Crippen molar-refractivity contribution in [2.45, 2.75) is 25.3 Å². The van der Waals surface area contributed by atoms with Crippen molar-refractivity contribution in [3.8, 4) is 0 Å². The van der Waals surface area contributed by atoms with Crippen LogP contribution in [0.3, 0.4) is 0 Å². The molecule has 1 aliphatic carbocycles. The van der Waals surface area contributed by atoms with E-state index < -0.39 is 0 Å². The van der Waals surface area contributed by atoms with Crippen molar-refractivity contribution in [3.63, 3.8) is 0 Å². The summed E-state index contributed by atoms with van der Waals surface area (Å²) < 4.78 is 2.02. The van der Waals surface area contributed by atoms with Crippen LogP contribution < -0.4 is 0 Å². The first kappa shape index (κ1) is 15.8. The first-order valence-electron chi connectivity index (χ1n) is 8.54. The smallest absolute Gasteiger partial charge is 0.275 e. The van der Waals surface area contributed by atoms with Crippen LogP contribution in [0.4, 0.5) is 0 Å². The third kappa shape index (κ3) is 3.13. The van der Waals surface area contributed by atoms with E-state index in [1.165, 1.54) is 0 Å². The van der Waals surface area contributed by atoms with Crippen LogP contribution in [-0.2, 0) is 6.54 Å². The lowest BCUT2D eigenvalue weighted by Crippen LogP contribution is -2.33. The predicted molar refractivity (Wildman–Crippen MR) is 93.2 cm³/mol. The monoisotopic (exact) mass is 336 g/mol. The summed E-state index contributed by atoms with van der Waals surface area (Å²) >= 11 is 0. The van der Waals surface area contributed by atoms with Crippen LogP contribution in [0.25, 0.3) is 5.52 Å². The van der Waals surface area contributed by atoms with Crippen LogP contribution in [0.15, 0.2) is 48.9 Å². The van der Waals surface area contributed by atoms with Crippen LogP contribution in [0, 0.1) is 0 Å². The summed E-state index contributed by atoms with van der Waals surface area (Å²) in [5, 5.41) is 9.39. The van der Waals surface area contributed by atoms with Crippen molar-refractivity contribution in [2.75, 3.05) is 13.2 Å². The Hall–Kier alpha value is -2.73. The van der Waals surface area contributed by atoms with E-state index in [0.29, 0.717) is 18.2 Å². The number of carbonyl (C=O) groups excluding carboxylic acids is 1. The van der Waals surface area contributed by atoms with Gasteiger partial charge in [-0.25, -0.2) is 4.98 Å². The number of fused-ring (bicyclic) bond motifs is 1. The third-order valence-corrected chi connectivity index (χ3v) is 4.47. The summed E-state index contributed by atoms with van der Waals surface area (Å²) in [6, 6.07) is 9.56. The number of imidazole rings is 1. The molecule has 0 bridgehead atoms. The van der Waals surface area contributed by atoms with E-state index >= 15 is 0 Å². The Balaban J connectivity index is 1.69. The molecule has 0 saturated heterocycles. The van der Waals surface area contributed by atoms with Crippen molar-refractivity contribution in [3.05, 3.63) is 66.0 Å². The molecule has 3 aromatic heterocycles. The van der Waals surface area contributed by atoms with E-state index in [2.05, 4.69) is 9.97 Å². The SMILES string of the molecule is O=C(c1nc(C2CC2)n2ccccc12)N(CCO)Cc1cccnc1. The van der Waals surface area contributed by atoms with Crippen molar-refractivity contribution in [1.29, 1.82) is 0 Å². The second-order valence-corrected chi connectivity index (χ2v) is 6.36. The fraction of sp³-hybridized carbons (Fsp3) is 0.316. The molecule has 1 fully saturated rings. The van der Waals surface area contributed by atoms with Gasteiger partial charge in [0.15, 0.2) is 5.69 Å². The highest BCUT2D eigenvalue weighted by Gasteiger charge is 2.31. The van der Waals surface area contributed by atoms with Gasteiger partial charge in [0.05, 0.1) is 12.1 Å². The lowest BCUT2D eigenvalue weighted by atomic mass is 10.2. The van der Waals surface area contributed by atoms with Gasteiger partial charge in [-0.15, -0.1) is 0 Å². The highest BCUT2D eigenvalue weighted by molar-refractivity contribution is 5.99. The largest absolute Gasteiger partial charge is 0.395 e. The normalized spacial score (nSPS) is 14.0. The number of carbonyl (C=O) groups is 1. The molecular weight excluding hydrogens is 316 g/mol. The molecule has 1 saturated carbocycles. The Morgan fingerprint density at radius 2 is 2.16 bits per heavy atom. The van der Waals surface area contributed by atoms with E-state index in [0.717, 1.165) is 29.7 Å². The number of amides is 1. The highest BCUT2D eigenvalue weighted by Crippen LogP contribution is 2.40. The first-order valence-corrected chi connectivity index (χ1v) is 8.54. The molecule has 1 N–H and O–H groups in total. The van der Waals surface area contributed by atoms with Gasteiger partial charge in [-0.1, -0.05) is 12.1 Å². The molecule has 0 radical (unpaired) electrons. The Labute approximate surface area is 145 Å². The van der Waals surface area contributed by atoms with Gasteiger partial charge in [-0.3, -0.25) is 9.78 Å². The number of hydrogen-bond donors (Lipinski definition) is 1. The Bertz CT molecular complexity index is 887. The molecule has 128 valence electrons. The summed E-state index contributed by atoms with van der Waals surface area (Å²) in [5.41, 5.74) is 2.21. The molecule has 1 amide bonds. The van der Waals surface area contributed by atoms with Gasteiger partial charge in [0.2, 0.25) is 0 Å². The van der Waals surface area contributed by atoms with E-state index in [1.807, 2.05) is 40.9 Å². The van der Waals surface area contributed by atoms with E-state index in [4.69, 9.17) is 0 Å². The van der Waals surface area contributed by atoms with Gasteiger partial charge in [0, 0.05) is 37.6 Å². The molecule has 25 heavy (non-hydrogen) atoms. The highest BCUT2D eigenvalue weighted by atomic mass is 16.3. The number of aliphatic hydroxyl groups is 1. The lowest BCUT2D eigenvalue weighted by Gasteiger charge is -2.21. The minimum Gasteiger partial charge on any atom is -0.395 e. The molecule has 4 rings (SSSR count). The van der Waals surface area contributed by atoms with Crippen LogP contribution in [-0.4, -0.2) is 43.4 Å². The zero-order valence-electron chi connectivity index (χ0n) is 13.9. The van der Waals surface area contributed by atoms with Crippen molar-refractivity contribution < 1.29 is 9.90 Å². The van der Waals surface area contributed by atoms with E-state index in [9.17, 15) is 9.90 Å². The van der Waals surface area contributed by atoms with Gasteiger partial charge >= 0.3 is 0 Å². The molecule has 6 heteroatoms. The van der Waals surface area contributed by atoms with Crippen LogP contribution in [0.2, 0.25) is 0 Å². The van der Waals surface area contributed by atoms with E-state index in [-0.39, 0.29) is 19.1 Å². The number of hydrogen-bond acceptors (Lipinski definition) is 4. The number of aliphatic hydroxyl groups excluding tert-OH is 1. The molecule has 3 aromatic rings. The number of pyridine rings is 2. The number of rotatable bonds is 6. The summed E-state index contributed by atoms with van der Waals surface area (Å²) in [6.07, 6.45) is 7.64. The molecule has 0 aromatic carbocycles. The van der Waals surface area contributed by atoms with Crippen LogP contribution >= 0.6 is 0 Å². The number of nitrogens with zero attached hydrogens (tertiary/aromatic N) is 4. The topological polar surface area (TPSA) is 70.7 Å². The maximum absolute atomic E-state index is 13.1. The average Bonchev–Trinajstić information content (AvgIpc) is 3.42. The Morgan fingerprint density at radius 3 is 2.88 bits per heavy atom. The molecular formula is C19H20N4O2. The molecule has 0 unspecified atom stereocenters. The third-order valence-electron chi connectivity index (χ3n) is 4.47. The molecule has 6 nitrogen and oxygen atoms in total. The molecule has 1 aliphatic rings. The van der Waals surface area contributed by atoms with Gasteiger partial charge in [0.25, 0.3) is 5.91 Å². The quantitative estimate of drug-likeness (QED) is 0.749. The standard InChI is InChI=1S/C19H20N4O2/c24-11-10-22(13-14-4-3-8-20-12-14)19(25)17-16-5-1-2-9-23(16)18(21-17)15-6-7-15/h1-5,8-9,12,15,24H,6-7,10-11,13H2. The van der Waals surface area contributed by atoms with Crippen molar-refractivity contribution in [1.82, 2.24) is 19.3 Å². The minimum absolute atomic E-state index is 0.0900. The molecule has 0 atom stereocenters. The maximum atomic E-state index is 13.1. The van der Waals surface area contributed by atoms with Gasteiger partial charge in [0.1, 0.15) is 5.82 Å². The van der Waals surface area contributed by atoms with Gasteiger partial charge < -0.3 is 14.4 Å². The zero-order valence-corrected chi connectivity index (χ0v) is 13.9. The fourth-order valence-electron chi connectivity index (χ4n) is 3.08. The molecule has 3 heterocycles. The fourth-order valence-corrected chi connectivity index (χ4v) is 3.08. The number of aromatic nitrogens is 3. The Kier molecular flexibility index (Phi) is 4.19. The maximum Gasteiger partial charge on any atom is 0.275 e. The van der Waals surface area contributed by atoms with Gasteiger partial charge in [-0.05, 0) is 36.6 Å². The summed E-state index contributed by atoms with van der Waals surface area (Å²) in [4.78, 5) is 23.5. The second-order valence-electron chi connectivity index (χ2n) is 6.36.